The Morgan fingerprint density at radius 2 is 2.10 bits per heavy atom. The van der Waals surface area contributed by atoms with E-state index in [-0.39, 0.29) is 12.1 Å². The third kappa shape index (κ3) is 3.57. The number of aromatic amines is 1. The zero-order valence-electron chi connectivity index (χ0n) is 12.3. The molecule has 0 aliphatic heterocycles. The highest BCUT2D eigenvalue weighted by atomic mass is 16.5. The number of ether oxygens (including phenoxy) is 1. The lowest BCUT2D eigenvalue weighted by Crippen LogP contribution is -2.24. The Morgan fingerprint density at radius 1 is 1.30 bits per heavy atom. The molecule has 108 valence electrons. The van der Waals surface area contributed by atoms with Crippen molar-refractivity contribution < 1.29 is 4.74 Å². The predicted octanol–water partition coefficient (Wildman–Crippen LogP) is 2.68. The van der Waals surface area contributed by atoms with E-state index in [0.29, 0.717) is 0 Å². The lowest BCUT2D eigenvalue weighted by Gasteiger charge is -2.21. The lowest BCUT2D eigenvalue weighted by molar-refractivity contribution is 0.238. The molecule has 5 nitrogen and oxygen atoms in total. The Bertz CT molecular complexity index is 510. The van der Waals surface area contributed by atoms with Crippen molar-refractivity contribution in [3.05, 3.63) is 41.7 Å². The van der Waals surface area contributed by atoms with Gasteiger partial charge in [-0.2, -0.15) is 15.4 Å². The first-order valence-corrected chi connectivity index (χ1v) is 7.07. The van der Waals surface area contributed by atoms with Gasteiger partial charge in [-0.1, -0.05) is 25.1 Å². The van der Waals surface area contributed by atoms with Crippen molar-refractivity contribution in [1.82, 2.24) is 20.7 Å². The van der Waals surface area contributed by atoms with Crippen molar-refractivity contribution in [2.75, 3.05) is 6.54 Å². The number of H-pyrrole nitrogens is 1. The molecule has 20 heavy (non-hydrogen) atoms. The molecular weight excluding hydrogens is 252 g/mol. The van der Waals surface area contributed by atoms with E-state index in [4.69, 9.17) is 4.74 Å². The summed E-state index contributed by atoms with van der Waals surface area (Å²) in [5.41, 5.74) is 1.96. The van der Waals surface area contributed by atoms with Crippen LogP contribution in [0, 0.1) is 0 Å². The molecule has 1 atom stereocenters. The first kappa shape index (κ1) is 14.5. The number of benzene rings is 1. The summed E-state index contributed by atoms with van der Waals surface area (Å²) in [6.07, 6.45) is 2.95. The molecule has 0 aliphatic carbocycles. The van der Waals surface area contributed by atoms with Crippen LogP contribution in [0.1, 0.15) is 44.5 Å². The average molecular weight is 274 g/mol. The first-order valence-electron chi connectivity index (χ1n) is 7.07. The third-order valence-corrected chi connectivity index (χ3v) is 2.92. The summed E-state index contributed by atoms with van der Waals surface area (Å²) in [7, 11) is 0. The maximum atomic E-state index is 5.91. The molecule has 0 saturated heterocycles. The van der Waals surface area contributed by atoms with E-state index in [1.807, 2.05) is 32.0 Å². The van der Waals surface area contributed by atoms with Crippen LogP contribution >= 0.6 is 0 Å². The Morgan fingerprint density at radius 3 is 2.75 bits per heavy atom. The zero-order valence-corrected chi connectivity index (χ0v) is 12.3. The topological polar surface area (TPSA) is 62.8 Å². The second-order valence-corrected chi connectivity index (χ2v) is 4.99. The second-order valence-electron chi connectivity index (χ2n) is 4.99. The van der Waals surface area contributed by atoms with Crippen molar-refractivity contribution in [3.63, 3.8) is 0 Å². The predicted molar refractivity (Wildman–Crippen MR) is 78.7 cm³/mol. The SMILES string of the molecule is CCCNC(c1cn[nH]n1)c1ccccc1OC(C)C. The van der Waals surface area contributed by atoms with Gasteiger partial charge >= 0.3 is 0 Å². The molecule has 5 heteroatoms. The fourth-order valence-corrected chi connectivity index (χ4v) is 2.09. The number of nitrogens with zero attached hydrogens (tertiary/aromatic N) is 2. The van der Waals surface area contributed by atoms with Crippen molar-refractivity contribution in [2.24, 2.45) is 0 Å². The molecule has 2 aromatic rings. The Labute approximate surface area is 119 Å². The highest BCUT2D eigenvalue weighted by Crippen LogP contribution is 2.29. The minimum absolute atomic E-state index is 0.0105. The van der Waals surface area contributed by atoms with Crippen LogP contribution in [-0.4, -0.2) is 28.1 Å². The number of para-hydroxylation sites is 1. The van der Waals surface area contributed by atoms with Gasteiger partial charge in [-0.15, -0.1) is 0 Å². The largest absolute Gasteiger partial charge is 0.491 e. The monoisotopic (exact) mass is 274 g/mol. The van der Waals surface area contributed by atoms with Crippen LogP contribution in [-0.2, 0) is 0 Å². The van der Waals surface area contributed by atoms with E-state index in [1.165, 1.54) is 0 Å². The molecule has 1 heterocycles. The molecule has 0 saturated carbocycles. The van der Waals surface area contributed by atoms with Crippen molar-refractivity contribution in [2.45, 2.75) is 39.3 Å². The van der Waals surface area contributed by atoms with Gasteiger partial charge in [0.15, 0.2) is 0 Å². The van der Waals surface area contributed by atoms with Crippen LogP contribution < -0.4 is 10.1 Å². The molecule has 0 radical (unpaired) electrons. The Hall–Kier alpha value is -1.88. The van der Waals surface area contributed by atoms with Crippen LogP contribution in [0.2, 0.25) is 0 Å². The summed E-state index contributed by atoms with van der Waals surface area (Å²) in [6, 6.07) is 8.06. The molecule has 1 aromatic carbocycles. The standard InChI is InChI=1S/C15H22N4O/c1-4-9-16-15(13-10-17-19-18-13)12-7-5-6-8-14(12)20-11(2)3/h5-8,10-11,15-16H,4,9H2,1-3H3,(H,17,18,19). The minimum Gasteiger partial charge on any atom is -0.491 e. The molecule has 1 unspecified atom stereocenters. The number of aromatic nitrogens is 3. The average Bonchev–Trinajstić information content (AvgIpc) is 2.94. The van der Waals surface area contributed by atoms with Gasteiger partial charge in [-0.05, 0) is 32.9 Å². The lowest BCUT2D eigenvalue weighted by atomic mass is 10.0. The highest BCUT2D eigenvalue weighted by Gasteiger charge is 2.20. The zero-order chi connectivity index (χ0) is 14.4. The van der Waals surface area contributed by atoms with Crippen LogP contribution in [0.3, 0.4) is 0 Å². The van der Waals surface area contributed by atoms with Gasteiger partial charge in [0.05, 0.1) is 18.3 Å². The molecule has 0 aliphatic rings. The molecular formula is C15H22N4O. The quantitative estimate of drug-likeness (QED) is 0.815. The van der Waals surface area contributed by atoms with Crippen molar-refractivity contribution >= 4 is 0 Å². The maximum Gasteiger partial charge on any atom is 0.124 e. The van der Waals surface area contributed by atoms with Crippen LogP contribution in [0.15, 0.2) is 30.5 Å². The van der Waals surface area contributed by atoms with E-state index >= 15 is 0 Å². The first-order chi connectivity index (χ1) is 9.72. The number of rotatable bonds is 7. The Balaban J connectivity index is 2.33. The van der Waals surface area contributed by atoms with Crippen LogP contribution in [0.4, 0.5) is 0 Å². The number of hydrogen-bond donors (Lipinski definition) is 2. The summed E-state index contributed by atoms with van der Waals surface area (Å²) in [4.78, 5) is 0. The summed E-state index contributed by atoms with van der Waals surface area (Å²) in [5.74, 6) is 0.888. The summed E-state index contributed by atoms with van der Waals surface area (Å²) >= 11 is 0. The van der Waals surface area contributed by atoms with E-state index in [1.54, 1.807) is 6.20 Å². The molecule has 2 N–H and O–H groups in total. The molecule has 0 bridgehead atoms. The van der Waals surface area contributed by atoms with Gasteiger partial charge in [0.1, 0.15) is 11.4 Å². The van der Waals surface area contributed by atoms with Gasteiger partial charge in [0.25, 0.3) is 0 Å². The number of hydrogen-bond acceptors (Lipinski definition) is 4. The molecule has 0 amide bonds. The summed E-state index contributed by atoms with van der Waals surface area (Å²) in [5, 5.41) is 14.3. The highest BCUT2D eigenvalue weighted by molar-refractivity contribution is 5.39. The molecule has 2 rings (SSSR count). The normalized spacial score (nSPS) is 12.6. The minimum atomic E-state index is -0.0105. The fourth-order valence-electron chi connectivity index (χ4n) is 2.09. The molecule has 0 fully saturated rings. The fraction of sp³-hybridized carbons (Fsp3) is 0.467. The van der Waals surface area contributed by atoms with Gasteiger partial charge in [-0.25, -0.2) is 0 Å². The summed E-state index contributed by atoms with van der Waals surface area (Å²) < 4.78 is 5.91. The smallest absolute Gasteiger partial charge is 0.124 e. The van der Waals surface area contributed by atoms with Crippen LogP contribution in [0.25, 0.3) is 0 Å². The van der Waals surface area contributed by atoms with Crippen molar-refractivity contribution in [3.8, 4) is 5.75 Å². The van der Waals surface area contributed by atoms with Crippen molar-refractivity contribution in [1.29, 1.82) is 0 Å². The van der Waals surface area contributed by atoms with Gasteiger partial charge in [0, 0.05) is 5.56 Å². The van der Waals surface area contributed by atoms with Crippen LogP contribution in [0.5, 0.6) is 5.75 Å². The van der Waals surface area contributed by atoms with Gasteiger partial charge in [-0.3, -0.25) is 0 Å². The second kappa shape index (κ2) is 7.05. The van der Waals surface area contributed by atoms with E-state index in [9.17, 15) is 0 Å². The van der Waals surface area contributed by atoms with E-state index in [0.717, 1.165) is 30.0 Å². The maximum absolute atomic E-state index is 5.91. The molecule has 0 spiro atoms. The van der Waals surface area contributed by atoms with E-state index < -0.39 is 0 Å². The third-order valence-electron chi connectivity index (χ3n) is 2.92. The molecule has 1 aromatic heterocycles. The number of nitrogens with one attached hydrogen (secondary N) is 2. The van der Waals surface area contributed by atoms with E-state index in [2.05, 4.69) is 33.7 Å². The van der Waals surface area contributed by atoms with Gasteiger partial charge < -0.3 is 10.1 Å². The summed E-state index contributed by atoms with van der Waals surface area (Å²) in [6.45, 7) is 7.11. The van der Waals surface area contributed by atoms with Gasteiger partial charge in [0.2, 0.25) is 0 Å². The Kier molecular flexibility index (Phi) is 5.12.